The van der Waals surface area contributed by atoms with Crippen molar-refractivity contribution < 1.29 is 28.6 Å². The molecule has 0 aliphatic rings. The number of carbonyl (C=O) groups is 3. The van der Waals surface area contributed by atoms with Gasteiger partial charge in [0.15, 0.2) is 6.10 Å². The Bertz CT molecular complexity index is 1420. The SMILES string of the molecule is CC/C=C\C/C=C\C/C=C\C/C=C\C/C=C\CCCCCCCCCCCCCCCC(=O)OCC(COC(=O)CCCCCCCCCCC)OC(=O)CC/C=C\C/C=C\C/C=C\C/C=C\CC. The average Bonchev–Trinajstić information content (AvgIpc) is 3.35. The number of unbranched alkanes of at least 4 members (excludes halogenated alkanes) is 21. The second kappa shape index (κ2) is 56.7. The quantitative estimate of drug-likeness (QED) is 0.0262. The number of hydrogen-bond donors (Lipinski definition) is 0. The molecule has 0 aromatic heterocycles. The van der Waals surface area contributed by atoms with E-state index in [-0.39, 0.29) is 31.6 Å². The Kier molecular flexibility index (Phi) is 53.4. The highest BCUT2D eigenvalue weighted by molar-refractivity contribution is 5.71. The van der Waals surface area contributed by atoms with Gasteiger partial charge in [0, 0.05) is 19.3 Å². The normalized spacial score (nSPS) is 12.9. The van der Waals surface area contributed by atoms with Crippen LogP contribution in [0.15, 0.2) is 109 Å². The average molecular weight is 958 g/mol. The van der Waals surface area contributed by atoms with Gasteiger partial charge in [0.2, 0.25) is 0 Å². The van der Waals surface area contributed by atoms with Gasteiger partial charge in [-0.05, 0) is 89.9 Å². The van der Waals surface area contributed by atoms with Crippen molar-refractivity contribution in [2.75, 3.05) is 13.2 Å². The van der Waals surface area contributed by atoms with Crippen LogP contribution in [-0.4, -0.2) is 37.2 Å². The molecule has 0 aliphatic heterocycles. The number of carbonyl (C=O) groups excluding carboxylic acids is 3. The number of rotatable bonds is 50. The van der Waals surface area contributed by atoms with Crippen LogP contribution >= 0.6 is 0 Å². The van der Waals surface area contributed by atoms with E-state index in [1.54, 1.807) is 0 Å². The van der Waals surface area contributed by atoms with Crippen LogP contribution in [0.2, 0.25) is 0 Å². The van der Waals surface area contributed by atoms with Gasteiger partial charge in [0.1, 0.15) is 13.2 Å². The second-order valence-corrected chi connectivity index (χ2v) is 18.4. The molecular weight excluding hydrogens is 853 g/mol. The fourth-order valence-electron chi connectivity index (χ4n) is 7.60. The molecule has 0 bridgehead atoms. The summed E-state index contributed by atoms with van der Waals surface area (Å²) in [4.78, 5) is 37.9. The second-order valence-electron chi connectivity index (χ2n) is 18.4. The predicted octanol–water partition coefficient (Wildman–Crippen LogP) is 19.1. The summed E-state index contributed by atoms with van der Waals surface area (Å²) in [6.45, 7) is 6.32. The standard InChI is InChI=1S/C63H104O6/c1-4-7-10-13-16-19-21-23-24-25-26-27-28-29-30-31-32-33-34-35-36-37-38-40-41-44-47-50-53-56-62(65)68-59-60(58-67-61(64)55-52-49-46-43-18-15-12-9-6-3)69-63(66)57-54-51-48-45-42-39-22-20-17-14-11-8-5-2/h7-8,10-11,16-17,19-20,23-24,26-27,29-30,39,42,48,51,60H,4-6,9,12-15,18,21-22,25,28,31-38,40-41,43-47,49-50,52-59H2,1-3H3/b10-7-,11-8-,19-16-,20-17-,24-23-,27-26-,30-29-,42-39-,51-48-. The minimum atomic E-state index is -0.814. The van der Waals surface area contributed by atoms with Crippen molar-refractivity contribution in [3.63, 3.8) is 0 Å². The summed E-state index contributed by atoms with van der Waals surface area (Å²) in [5.74, 6) is -0.993. The Balaban J connectivity index is 4.19. The van der Waals surface area contributed by atoms with Gasteiger partial charge in [-0.15, -0.1) is 0 Å². The summed E-state index contributed by atoms with van der Waals surface area (Å²) >= 11 is 0. The maximum absolute atomic E-state index is 12.7. The zero-order chi connectivity index (χ0) is 50.0. The molecule has 0 aliphatic carbocycles. The number of esters is 3. The molecule has 0 aromatic rings. The molecule has 1 atom stereocenters. The molecule has 6 nitrogen and oxygen atoms in total. The highest BCUT2D eigenvalue weighted by atomic mass is 16.6. The van der Waals surface area contributed by atoms with Gasteiger partial charge in [0.05, 0.1) is 0 Å². The molecular formula is C63H104O6. The topological polar surface area (TPSA) is 78.9 Å². The molecule has 6 heteroatoms. The zero-order valence-corrected chi connectivity index (χ0v) is 44.8. The number of ether oxygens (including phenoxy) is 3. The van der Waals surface area contributed by atoms with Crippen LogP contribution < -0.4 is 0 Å². The fourth-order valence-corrected chi connectivity index (χ4v) is 7.60. The van der Waals surface area contributed by atoms with E-state index in [9.17, 15) is 14.4 Å². The molecule has 0 N–H and O–H groups in total. The maximum atomic E-state index is 12.7. The fraction of sp³-hybridized carbons (Fsp3) is 0.667. The van der Waals surface area contributed by atoms with E-state index < -0.39 is 12.1 Å². The Morgan fingerprint density at radius 3 is 0.942 bits per heavy atom. The first kappa shape index (κ1) is 65.1. The van der Waals surface area contributed by atoms with E-state index in [2.05, 4.69) is 118 Å². The van der Waals surface area contributed by atoms with Gasteiger partial charge < -0.3 is 14.2 Å². The van der Waals surface area contributed by atoms with Crippen molar-refractivity contribution >= 4 is 17.9 Å². The van der Waals surface area contributed by atoms with E-state index in [0.29, 0.717) is 19.3 Å². The lowest BCUT2D eigenvalue weighted by Gasteiger charge is -2.18. The monoisotopic (exact) mass is 957 g/mol. The molecule has 392 valence electrons. The van der Waals surface area contributed by atoms with Crippen LogP contribution in [-0.2, 0) is 28.6 Å². The van der Waals surface area contributed by atoms with Crippen molar-refractivity contribution in [1.29, 1.82) is 0 Å². The summed E-state index contributed by atoms with van der Waals surface area (Å²) in [6.07, 6.45) is 76.9. The number of hydrogen-bond acceptors (Lipinski definition) is 6. The van der Waals surface area contributed by atoms with Crippen molar-refractivity contribution in [3.05, 3.63) is 109 Å². The van der Waals surface area contributed by atoms with Crippen molar-refractivity contribution in [2.45, 2.75) is 258 Å². The van der Waals surface area contributed by atoms with E-state index in [4.69, 9.17) is 14.2 Å². The van der Waals surface area contributed by atoms with Gasteiger partial charge in [-0.3, -0.25) is 14.4 Å². The third-order valence-corrected chi connectivity index (χ3v) is 11.8. The highest BCUT2D eigenvalue weighted by Gasteiger charge is 2.19. The minimum Gasteiger partial charge on any atom is -0.462 e. The van der Waals surface area contributed by atoms with Crippen molar-refractivity contribution in [3.8, 4) is 0 Å². The molecule has 0 radical (unpaired) electrons. The van der Waals surface area contributed by atoms with E-state index in [1.807, 2.05) is 12.2 Å². The van der Waals surface area contributed by atoms with Crippen LogP contribution in [0.4, 0.5) is 0 Å². The van der Waals surface area contributed by atoms with Gasteiger partial charge in [-0.25, -0.2) is 0 Å². The highest BCUT2D eigenvalue weighted by Crippen LogP contribution is 2.15. The predicted molar refractivity (Wildman–Crippen MR) is 297 cm³/mol. The summed E-state index contributed by atoms with van der Waals surface area (Å²) in [5.41, 5.74) is 0. The van der Waals surface area contributed by atoms with Crippen LogP contribution in [0.5, 0.6) is 0 Å². The third kappa shape index (κ3) is 54.9. The molecule has 0 rings (SSSR count). The molecule has 0 spiro atoms. The molecule has 0 aromatic carbocycles. The van der Waals surface area contributed by atoms with E-state index >= 15 is 0 Å². The molecule has 0 amide bonds. The Hall–Kier alpha value is -3.93. The Morgan fingerprint density at radius 1 is 0.304 bits per heavy atom. The van der Waals surface area contributed by atoms with Crippen LogP contribution in [0.1, 0.15) is 252 Å². The van der Waals surface area contributed by atoms with Crippen LogP contribution in [0.25, 0.3) is 0 Å². The van der Waals surface area contributed by atoms with E-state index in [0.717, 1.165) is 96.3 Å². The summed E-state index contributed by atoms with van der Waals surface area (Å²) in [6, 6.07) is 0. The van der Waals surface area contributed by atoms with Gasteiger partial charge in [-0.1, -0.05) is 252 Å². The lowest BCUT2D eigenvalue weighted by molar-refractivity contribution is -0.166. The molecule has 0 saturated heterocycles. The van der Waals surface area contributed by atoms with Gasteiger partial charge >= 0.3 is 17.9 Å². The first-order valence-electron chi connectivity index (χ1n) is 28.4. The van der Waals surface area contributed by atoms with E-state index in [1.165, 1.54) is 109 Å². The zero-order valence-electron chi connectivity index (χ0n) is 44.8. The maximum Gasteiger partial charge on any atom is 0.306 e. The first-order chi connectivity index (χ1) is 34.0. The largest absolute Gasteiger partial charge is 0.462 e. The summed E-state index contributed by atoms with van der Waals surface area (Å²) < 4.78 is 16.7. The lowest BCUT2D eigenvalue weighted by Crippen LogP contribution is -2.30. The smallest absolute Gasteiger partial charge is 0.306 e. The van der Waals surface area contributed by atoms with Gasteiger partial charge in [-0.2, -0.15) is 0 Å². The lowest BCUT2D eigenvalue weighted by atomic mass is 10.0. The summed E-state index contributed by atoms with van der Waals surface area (Å²) in [7, 11) is 0. The Labute approximate surface area is 425 Å². The Morgan fingerprint density at radius 2 is 0.594 bits per heavy atom. The molecule has 0 fully saturated rings. The molecule has 69 heavy (non-hydrogen) atoms. The van der Waals surface area contributed by atoms with Crippen LogP contribution in [0, 0.1) is 0 Å². The van der Waals surface area contributed by atoms with Crippen LogP contribution in [0.3, 0.4) is 0 Å². The van der Waals surface area contributed by atoms with Crippen molar-refractivity contribution in [1.82, 2.24) is 0 Å². The molecule has 0 saturated carbocycles. The molecule has 0 heterocycles. The molecule has 1 unspecified atom stereocenters. The first-order valence-corrected chi connectivity index (χ1v) is 28.4. The minimum absolute atomic E-state index is 0.105. The van der Waals surface area contributed by atoms with Gasteiger partial charge in [0.25, 0.3) is 0 Å². The summed E-state index contributed by atoms with van der Waals surface area (Å²) in [5, 5.41) is 0. The van der Waals surface area contributed by atoms with Crippen molar-refractivity contribution in [2.24, 2.45) is 0 Å². The number of allylic oxidation sites excluding steroid dienone is 18. The third-order valence-electron chi connectivity index (χ3n) is 11.8.